The maximum Gasteiger partial charge on any atom is 0.119 e. The predicted octanol–water partition coefficient (Wildman–Crippen LogP) is 2.44. The summed E-state index contributed by atoms with van der Waals surface area (Å²) in [4.78, 5) is 0. The van der Waals surface area contributed by atoms with Gasteiger partial charge in [-0.2, -0.15) is 0 Å². The molecule has 3 nitrogen and oxygen atoms in total. The van der Waals surface area contributed by atoms with Gasteiger partial charge in [0.2, 0.25) is 0 Å². The Balaban J connectivity index is 2.30. The number of nitrogens with two attached hydrogens (primary N) is 1. The van der Waals surface area contributed by atoms with Crippen molar-refractivity contribution in [2.45, 2.75) is 26.9 Å². The highest BCUT2D eigenvalue weighted by atomic mass is 16.5. The monoisotopic (exact) mass is 261 g/mol. The van der Waals surface area contributed by atoms with Crippen molar-refractivity contribution in [2.75, 3.05) is 19.8 Å². The number of rotatable bonds is 6. The van der Waals surface area contributed by atoms with Crippen molar-refractivity contribution < 1.29 is 9.47 Å². The van der Waals surface area contributed by atoms with Crippen molar-refractivity contribution in [3.8, 4) is 17.6 Å². The summed E-state index contributed by atoms with van der Waals surface area (Å²) in [5.74, 6) is 7.15. The highest BCUT2D eigenvalue weighted by molar-refractivity contribution is 5.38. The zero-order chi connectivity index (χ0) is 14.1. The van der Waals surface area contributed by atoms with Crippen LogP contribution in [0.25, 0.3) is 0 Å². The first-order valence-electron chi connectivity index (χ1n) is 6.67. The summed E-state index contributed by atoms with van der Waals surface area (Å²) < 4.78 is 11.2. The molecule has 0 amide bonds. The Kier molecular flexibility index (Phi) is 7.02. The van der Waals surface area contributed by atoms with Crippen molar-refractivity contribution in [3.63, 3.8) is 0 Å². The van der Waals surface area contributed by atoms with Crippen molar-refractivity contribution in [3.05, 3.63) is 29.8 Å². The van der Waals surface area contributed by atoms with Crippen LogP contribution in [0.2, 0.25) is 0 Å². The topological polar surface area (TPSA) is 44.5 Å². The van der Waals surface area contributed by atoms with E-state index in [0.717, 1.165) is 11.3 Å². The van der Waals surface area contributed by atoms with Crippen LogP contribution in [0, 0.1) is 17.8 Å². The van der Waals surface area contributed by atoms with Gasteiger partial charge >= 0.3 is 0 Å². The van der Waals surface area contributed by atoms with E-state index in [9.17, 15) is 0 Å². The summed E-state index contributed by atoms with van der Waals surface area (Å²) in [7, 11) is 0. The molecule has 0 radical (unpaired) electrons. The van der Waals surface area contributed by atoms with E-state index in [4.69, 9.17) is 15.2 Å². The predicted molar refractivity (Wildman–Crippen MR) is 78.1 cm³/mol. The van der Waals surface area contributed by atoms with E-state index in [0.29, 0.717) is 25.7 Å². The van der Waals surface area contributed by atoms with Crippen molar-refractivity contribution in [1.29, 1.82) is 0 Å². The molecule has 0 aliphatic rings. The molecular weight excluding hydrogens is 238 g/mol. The van der Waals surface area contributed by atoms with Gasteiger partial charge in [0.15, 0.2) is 0 Å². The van der Waals surface area contributed by atoms with Crippen molar-refractivity contribution >= 4 is 0 Å². The van der Waals surface area contributed by atoms with Crippen molar-refractivity contribution in [1.82, 2.24) is 0 Å². The minimum absolute atomic E-state index is 0.262. The summed E-state index contributed by atoms with van der Waals surface area (Å²) in [6, 6.07) is 7.67. The molecule has 1 aromatic rings. The van der Waals surface area contributed by atoms with Crippen LogP contribution in [0.15, 0.2) is 24.3 Å². The average molecular weight is 261 g/mol. The molecule has 0 fully saturated rings. The first kappa shape index (κ1) is 15.6. The van der Waals surface area contributed by atoms with Crippen LogP contribution in [0.1, 0.15) is 26.3 Å². The molecule has 1 unspecified atom stereocenters. The van der Waals surface area contributed by atoms with E-state index in [-0.39, 0.29) is 6.10 Å². The van der Waals surface area contributed by atoms with Crippen LogP contribution in [-0.2, 0) is 4.74 Å². The fourth-order valence-electron chi connectivity index (χ4n) is 1.37. The molecule has 2 N–H and O–H groups in total. The van der Waals surface area contributed by atoms with E-state index >= 15 is 0 Å². The quantitative estimate of drug-likeness (QED) is 0.632. The molecule has 0 saturated carbocycles. The van der Waals surface area contributed by atoms with E-state index in [1.165, 1.54) is 0 Å². The largest absolute Gasteiger partial charge is 0.491 e. The van der Waals surface area contributed by atoms with E-state index in [1.807, 2.05) is 24.3 Å². The molecule has 0 aliphatic heterocycles. The van der Waals surface area contributed by atoms with Crippen LogP contribution < -0.4 is 10.5 Å². The molecule has 19 heavy (non-hydrogen) atoms. The molecule has 0 aromatic heterocycles. The summed E-state index contributed by atoms with van der Waals surface area (Å²) >= 11 is 0. The van der Waals surface area contributed by atoms with E-state index in [1.54, 1.807) is 0 Å². The van der Waals surface area contributed by atoms with Gasteiger partial charge in [0.05, 0.1) is 19.3 Å². The number of ether oxygens (including phenoxy) is 2. The molecular formula is C16H23NO2. The van der Waals surface area contributed by atoms with Gasteiger partial charge in [0, 0.05) is 5.56 Å². The molecule has 3 heteroatoms. The second-order valence-electron chi connectivity index (χ2n) is 4.70. The molecule has 0 spiro atoms. The summed E-state index contributed by atoms with van der Waals surface area (Å²) in [5.41, 5.74) is 6.27. The third-order valence-corrected chi connectivity index (χ3v) is 2.86. The average Bonchev–Trinajstić information content (AvgIpc) is 2.42. The smallest absolute Gasteiger partial charge is 0.119 e. The van der Waals surface area contributed by atoms with Gasteiger partial charge in [-0.15, -0.1) is 0 Å². The molecule has 104 valence electrons. The number of hydrogen-bond donors (Lipinski definition) is 1. The SMILES string of the molecule is CC(C)C(C)OCCOc1ccc(C#CCN)cc1. The Morgan fingerprint density at radius 1 is 1.11 bits per heavy atom. The van der Waals surface area contributed by atoms with Crippen LogP contribution in [0.4, 0.5) is 0 Å². The molecule has 0 bridgehead atoms. The lowest BCUT2D eigenvalue weighted by atomic mass is 10.1. The van der Waals surface area contributed by atoms with Gasteiger partial charge < -0.3 is 15.2 Å². The van der Waals surface area contributed by atoms with Crippen LogP contribution >= 0.6 is 0 Å². The molecule has 0 saturated heterocycles. The van der Waals surface area contributed by atoms with E-state index < -0.39 is 0 Å². The Morgan fingerprint density at radius 2 is 1.79 bits per heavy atom. The molecule has 0 heterocycles. The van der Waals surface area contributed by atoms with Crippen LogP contribution in [0.5, 0.6) is 5.75 Å². The maximum absolute atomic E-state index is 5.64. The van der Waals surface area contributed by atoms with Gasteiger partial charge in [-0.05, 0) is 37.1 Å². The zero-order valence-corrected chi connectivity index (χ0v) is 12.0. The van der Waals surface area contributed by atoms with Gasteiger partial charge in [0.1, 0.15) is 12.4 Å². The first-order chi connectivity index (χ1) is 9.13. The first-order valence-corrected chi connectivity index (χ1v) is 6.67. The highest BCUT2D eigenvalue weighted by Crippen LogP contribution is 2.11. The fourth-order valence-corrected chi connectivity index (χ4v) is 1.37. The number of benzene rings is 1. The minimum Gasteiger partial charge on any atom is -0.491 e. The fraction of sp³-hybridized carbons (Fsp3) is 0.500. The Morgan fingerprint density at radius 3 is 2.37 bits per heavy atom. The third kappa shape index (κ3) is 6.28. The Bertz CT molecular complexity index is 415. The van der Waals surface area contributed by atoms with E-state index in [2.05, 4.69) is 32.6 Å². The summed E-state index contributed by atoms with van der Waals surface area (Å²) in [6.07, 6.45) is 0.262. The summed E-state index contributed by atoms with van der Waals surface area (Å²) in [5, 5.41) is 0. The molecule has 1 atom stereocenters. The Labute approximate surface area is 116 Å². The molecule has 1 aromatic carbocycles. The lowest BCUT2D eigenvalue weighted by Crippen LogP contribution is -2.19. The molecule has 1 rings (SSSR count). The van der Waals surface area contributed by atoms with Gasteiger partial charge in [-0.25, -0.2) is 0 Å². The van der Waals surface area contributed by atoms with Crippen molar-refractivity contribution in [2.24, 2.45) is 11.7 Å². The second-order valence-corrected chi connectivity index (χ2v) is 4.70. The Hall–Kier alpha value is -1.50. The zero-order valence-electron chi connectivity index (χ0n) is 12.0. The summed E-state index contributed by atoms with van der Waals surface area (Å²) in [6.45, 7) is 7.91. The lowest BCUT2D eigenvalue weighted by molar-refractivity contribution is 0.0188. The minimum atomic E-state index is 0.262. The normalized spacial score (nSPS) is 11.8. The van der Waals surface area contributed by atoms with Gasteiger partial charge in [-0.1, -0.05) is 25.7 Å². The van der Waals surface area contributed by atoms with Gasteiger partial charge in [-0.3, -0.25) is 0 Å². The molecule has 0 aliphatic carbocycles. The van der Waals surface area contributed by atoms with Crippen LogP contribution in [-0.4, -0.2) is 25.9 Å². The maximum atomic E-state index is 5.64. The lowest BCUT2D eigenvalue weighted by Gasteiger charge is -2.16. The van der Waals surface area contributed by atoms with Crippen LogP contribution in [0.3, 0.4) is 0 Å². The second kappa shape index (κ2) is 8.58. The standard InChI is InChI=1S/C16H23NO2/c1-13(2)14(3)18-11-12-19-16-8-6-15(7-9-16)5-4-10-17/h6-9,13-14H,10-12,17H2,1-3H3. The van der Waals surface area contributed by atoms with Gasteiger partial charge in [0.25, 0.3) is 0 Å². The third-order valence-electron chi connectivity index (χ3n) is 2.86. The highest BCUT2D eigenvalue weighted by Gasteiger charge is 2.06. The number of hydrogen-bond acceptors (Lipinski definition) is 3.